The standard InChI is InChI=1S/C14H17N3O3S/c1-3-21-8-7-17-13(12(14(18)19)15-16-17)10-5-4-6-11(9-10)20-2/h4-6,9H,3,7-8H2,1-2H3,(H,18,19). The van der Waals surface area contributed by atoms with E-state index in [-0.39, 0.29) is 5.69 Å². The normalized spacial score (nSPS) is 10.6. The van der Waals surface area contributed by atoms with Crippen LogP contribution in [0.4, 0.5) is 0 Å². The van der Waals surface area contributed by atoms with Gasteiger partial charge < -0.3 is 9.84 Å². The first-order valence-corrected chi connectivity index (χ1v) is 7.71. The highest BCUT2D eigenvalue weighted by Crippen LogP contribution is 2.26. The number of hydrogen-bond donors (Lipinski definition) is 1. The van der Waals surface area contributed by atoms with Gasteiger partial charge >= 0.3 is 5.97 Å². The molecule has 0 atom stereocenters. The molecule has 0 aliphatic rings. The van der Waals surface area contributed by atoms with Gasteiger partial charge in [-0.25, -0.2) is 9.48 Å². The van der Waals surface area contributed by atoms with E-state index >= 15 is 0 Å². The largest absolute Gasteiger partial charge is 0.497 e. The monoisotopic (exact) mass is 307 g/mol. The van der Waals surface area contributed by atoms with Gasteiger partial charge in [0, 0.05) is 11.3 Å². The molecule has 1 aromatic heterocycles. The molecule has 2 rings (SSSR count). The number of aryl methyl sites for hydroxylation is 1. The molecule has 0 unspecified atom stereocenters. The molecule has 0 amide bonds. The Bertz CT molecular complexity index is 628. The van der Waals surface area contributed by atoms with E-state index in [0.29, 0.717) is 18.0 Å². The lowest BCUT2D eigenvalue weighted by molar-refractivity contribution is 0.0691. The number of aromatic nitrogens is 3. The number of thioether (sulfide) groups is 1. The molecule has 0 radical (unpaired) electrons. The molecule has 0 saturated carbocycles. The van der Waals surface area contributed by atoms with Gasteiger partial charge in [-0.05, 0) is 17.9 Å². The molecule has 0 saturated heterocycles. The molecule has 7 heteroatoms. The van der Waals surface area contributed by atoms with Crippen LogP contribution in [0.2, 0.25) is 0 Å². The van der Waals surface area contributed by atoms with Gasteiger partial charge in [0.15, 0.2) is 5.69 Å². The summed E-state index contributed by atoms with van der Waals surface area (Å²) in [4.78, 5) is 11.3. The molecule has 1 N–H and O–H groups in total. The number of carboxylic acid groups (broad SMARTS) is 1. The second-order valence-electron chi connectivity index (χ2n) is 4.24. The second-order valence-corrected chi connectivity index (χ2v) is 5.64. The number of methoxy groups -OCH3 is 1. The fraction of sp³-hybridized carbons (Fsp3) is 0.357. The van der Waals surface area contributed by atoms with Crippen LogP contribution in [0.1, 0.15) is 17.4 Å². The van der Waals surface area contributed by atoms with Crippen molar-refractivity contribution in [2.24, 2.45) is 0 Å². The summed E-state index contributed by atoms with van der Waals surface area (Å²) in [5.74, 6) is 1.45. The predicted octanol–water partition coefficient (Wildman–Crippen LogP) is 2.41. The Morgan fingerprint density at radius 3 is 2.95 bits per heavy atom. The molecule has 0 aliphatic carbocycles. The van der Waals surface area contributed by atoms with Crippen molar-refractivity contribution in [1.29, 1.82) is 0 Å². The van der Waals surface area contributed by atoms with Crippen molar-refractivity contribution in [3.63, 3.8) is 0 Å². The van der Waals surface area contributed by atoms with Gasteiger partial charge in [-0.1, -0.05) is 24.3 Å². The summed E-state index contributed by atoms with van der Waals surface area (Å²) in [6.07, 6.45) is 0. The lowest BCUT2D eigenvalue weighted by Crippen LogP contribution is -2.07. The zero-order chi connectivity index (χ0) is 15.2. The van der Waals surface area contributed by atoms with Crippen LogP contribution in [0.5, 0.6) is 5.75 Å². The van der Waals surface area contributed by atoms with Gasteiger partial charge in [-0.3, -0.25) is 0 Å². The quantitative estimate of drug-likeness (QED) is 0.792. The fourth-order valence-electron chi connectivity index (χ4n) is 1.97. The minimum absolute atomic E-state index is 0.0373. The number of hydrogen-bond acceptors (Lipinski definition) is 5. The molecule has 2 aromatic rings. The minimum Gasteiger partial charge on any atom is -0.497 e. The van der Waals surface area contributed by atoms with Crippen LogP contribution in [-0.4, -0.2) is 44.7 Å². The van der Waals surface area contributed by atoms with Crippen LogP contribution in [0, 0.1) is 0 Å². The van der Waals surface area contributed by atoms with Crippen LogP contribution in [0.25, 0.3) is 11.3 Å². The van der Waals surface area contributed by atoms with Gasteiger partial charge in [0.1, 0.15) is 11.4 Å². The molecule has 0 bridgehead atoms. The highest BCUT2D eigenvalue weighted by molar-refractivity contribution is 7.99. The van der Waals surface area contributed by atoms with E-state index in [0.717, 1.165) is 17.1 Å². The molecule has 0 aliphatic heterocycles. The molecule has 1 aromatic carbocycles. The third kappa shape index (κ3) is 3.55. The average Bonchev–Trinajstić information content (AvgIpc) is 2.92. The lowest BCUT2D eigenvalue weighted by Gasteiger charge is -2.08. The number of benzene rings is 1. The van der Waals surface area contributed by atoms with E-state index in [9.17, 15) is 9.90 Å². The molecular weight excluding hydrogens is 290 g/mol. The van der Waals surface area contributed by atoms with Gasteiger partial charge in [0.05, 0.1) is 13.7 Å². The highest BCUT2D eigenvalue weighted by Gasteiger charge is 2.20. The van der Waals surface area contributed by atoms with Crippen LogP contribution in [0.15, 0.2) is 24.3 Å². The van der Waals surface area contributed by atoms with Gasteiger partial charge in [0.2, 0.25) is 0 Å². The first-order valence-electron chi connectivity index (χ1n) is 6.56. The van der Waals surface area contributed by atoms with Crippen molar-refractivity contribution >= 4 is 17.7 Å². The van der Waals surface area contributed by atoms with Crippen molar-refractivity contribution in [2.75, 3.05) is 18.6 Å². The Morgan fingerprint density at radius 2 is 2.29 bits per heavy atom. The van der Waals surface area contributed by atoms with Crippen LogP contribution < -0.4 is 4.74 Å². The fourth-order valence-corrected chi connectivity index (χ4v) is 2.56. The molecule has 0 fully saturated rings. The summed E-state index contributed by atoms with van der Waals surface area (Å²) < 4.78 is 6.83. The number of carboxylic acids is 1. The maximum absolute atomic E-state index is 11.3. The van der Waals surface area contributed by atoms with E-state index in [4.69, 9.17) is 4.74 Å². The number of aromatic carboxylic acids is 1. The van der Waals surface area contributed by atoms with Crippen molar-refractivity contribution in [1.82, 2.24) is 15.0 Å². The molecule has 112 valence electrons. The first-order chi connectivity index (χ1) is 10.2. The average molecular weight is 307 g/mol. The maximum atomic E-state index is 11.3. The zero-order valence-corrected chi connectivity index (χ0v) is 12.8. The van der Waals surface area contributed by atoms with Crippen molar-refractivity contribution in [3.05, 3.63) is 30.0 Å². The molecule has 21 heavy (non-hydrogen) atoms. The summed E-state index contributed by atoms with van der Waals surface area (Å²) in [7, 11) is 1.57. The Hall–Kier alpha value is -2.02. The summed E-state index contributed by atoms with van der Waals surface area (Å²) in [6.45, 7) is 2.70. The zero-order valence-electron chi connectivity index (χ0n) is 11.9. The van der Waals surface area contributed by atoms with Crippen molar-refractivity contribution < 1.29 is 14.6 Å². The third-order valence-corrected chi connectivity index (χ3v) is 3.81. The minimum atomic E-state index is -1.08. The molecule has 6 nitrogen and oxygen atoms in total. The third-order valence-electron chi connectivity index (χ3n) is 2.93. The second kappa shape index (κ2) is 7.12. The Morgan fingerprint density at radius 1 is 1.48 bits per heavy atom. The van der Waals surface area contributed by atoms with Crippen molar-refractivity contribution in [2.45, 2.75) is 13.5 Å². The molecule has 1 heterocycles. The summed E-state index contributed by atoms with van der Waals surface area (Å²) in [6, 6.07) is 7.24. The van der Waals surface area contributed by atoms with E-state index in [1.807, 2.05) is 18.2 Å². The first kappa shape index (κ1) is 15.4. The summed E-state index contributed by atoms with van der Waals surface area (Å²) >= 11 is 1.77. The number of rotatable bonds is 7. The van der Waals surface area contributed by atoms with E-state index in [1.165, 1.54) is 0 Å². The van der Waals surface area contributed by atoms with Crippen LogP contribution >= 0.6 is 11.8 Å². The lowest BCUT2D eigenvalue weighted by atomic mass is 10.1. The van der Waals surface area contributed by atoms with Crippen molar-refractivity contribution in [3.8, 4) is 17.0 Å². The van der Waals surface area contributed by atoms with E-state index in [1.54, 1.807) is 29.6 Å². The highest BCUT2D eigenvalue weighted by atomic mass is 32.2. The van der Waals surface area contributed by atoms with Gasteiger partial charge in [-0.15, -0.1) is 5.10 Å². The SMILES string of the molecule is CCSCCn1nnc(C(=O)O)c1-c1cccc(OC)c1. The molecule has 0 spiro atoms. The Balaban J connectivity index is 2.42. The van der Waals surface area contributed by atoms with Crippen LogP contribution in [0.3, 0.4) is 0 Å². The Kier molecular flexibility index (Phi) is 5.21. The van der Waals surface area contributed by atoms with E-state index in [2.05, 4.69) is 17.2 Å². The van der Waals surface area contributed by atoms with Gasteiger partial charge in [0.25, 0.3) is 0 Å². The van der Waals surface area contributed by atoms with E-state index < -0.39 is 5.97 Å². The number of nitrogens with zero attached hydrogens (tertiary/aromatic N) is 3. The topological polar surface area (TPSA) is 77.2 Å². The smallest absolute Gasteiger partial charge is 0.358 e. The van der Waals surface area contributed by atoms with Crippen LogP contribution in [-0.2, 0) is 6.54 Å². The predicted molar refractivity (Wildman–Crippen MR) is 82.0 cm³/mol. The number of carbonyl (C=O) groups is 1. The summed E-state index contributed by atoms with van der Waals surface area (Å²) in [5.41, 5.74) is 1.21. The molecular formula is C14H17N3O3S. The summed E-state index contributed by atoms with van der Waals surface area (Å²) in [5, 5.41) is 17.0. The van der Waals surface area contributed by atoms with Gasteiger partial charge in [-0.2, -0.15) is 11.8 Å². The maximum Gasteiger partial charge on any atom is 0.358 e. The Labute approximate surface area is 127 Å². The number of ether oxygens (including phenoxy) is 1.